The molecular formula is C22H25N3. The van der Waals surface area contributed by atoms with E-state index >= 15 is 0 Å². The van der Waals surface area contributed by atoms with Crippen LogP contribution >= 0.6 is 0 Å². The summed E-state index contributed by atoms with van der Waals surface area (Å²) in [4.78, 5) is 10.7. The Labute approximate surface area is 149 Å². The Bertz CT molecular complexity index is 794. The Kier molecular flexibility index (Phi) is 4.93. The van der Waals surface area contributed by atoms with Gasteiger partial charge in [-0.3, -0.25) is 4.90 Å². The number of likely N-dealkylation sites (tertiary alicyclic amines) is 1. The first-order chi connectivity index (χ1) is 12.4. The number of hydrogen-bond acceptors (Lipinski definition) is 2. The van der Waals surface area contributed by atoms with E-state index in [1.807, 2.05) is 6.07 Å². The molecule has 1 fully saturated rings. The summed E-state index contributed by atoms with van der Waals surface area (Å²) < 4.78 is 0. The van der Waals surface area contributed by atoms with Gasteiger partial charge < -0.3 is 4.98 Å². The first-order valence-corrected chi connectivity index (χ1v) is 9.24. The standard InChI is InChI=1S/C22H25N3/c1-2-7-18(8-3-1)9-6-10-19-13-15-25(16-14-19)17-22-23-20-11-4-5-12-21(20)24-22/h1-9,11-12,19H,10,13-17H2,(H,23,24)/b9-6+. The summed E-state index contributed by atoms with van der Waals surface area (Å²) in [5.74, 6) is 1.90. The van der Waals surface area contributed by atoms with Crippen LogP contribution in [0, 0.1) is 5.92 Å². The van der Waals surface area contributed by atoms with E-state index in [4.69, 9.17) is 4.98 Å². The fraction of sp³-hybridized carbons (Fsp3) is 0.318. The lowest BCUT2D eigenvalue weighted by atomic mass is 9.93. The number of nitrogens with one attached hydrogen (secondary N) is 1. The minimum atomic E-state index is 0.812. The normalized spacial score (nSPS) is 16.8. The summed E-state index contributed by atoms with van der Waals surface area (Å²) in [5, 5.41) is 0. The molecule has 1 aliphatic heterocycles. The zero-order valence-corrected chi connectivity index (χ0v) is 14.6. The van der Waals surface area contributed by atoms with Crippen LogP contribution in [0.15, 0.2) is 60.7 Å². The Hall–Kier alpha value is -2.39. The van der Waals surface area contributed by atoms with E-state index in [0.29, 0.717) is 0 Å². The molecule has 0 aliphatic carbocycles. The fourth-order valence-electron chi connectivity index (χ4n) is 3.63. The first kappa shape index (κ1) is 16.1. The highest BCUT2D eigenvalue weighted by molar-refractivity contribution is 5.74. The topological polar surface area (TPSA) is 31.9 Å². The maximum atomic E-state index is 4.70. The highest BCUT2D eigenvalue weighted by atomic mass is 15.2. The quantitative estimate of drug-likeness (QED) is 0.722. The monoisotopic (exact) mass is 331 g/mol. The molecule has 4 rings (SSSR count). The van der Waals surface area contributed by atoms with Gasteiger partial charge in [-0.05, 0) is 56.0 Å². The molecule has 25 heavy (non-hydrogen) atoms. The number of aromatic amines is 1. The molecule has 3 aromatic rings. The van der Waals surface area contributed by atoms with Gasteiger partial charge in [0.1, 0.15) is 5.82 Å². The van der Waals surface area contributed by atoms with Crippen molar-refractivity contribution in [2.24, 2.45) is 5.92 Å². The van der Waals surface area contributed by atoms with E-state index in [0.717, 1.165) is 29.3 Å². The molecule has 0 saturated carbocycles. The lowest BCUT2D eigenvalue weighted by Crippen LogP contribution is -2.33. The average molecular weight is 331 g/mol. The van der Waals surface area contributed by atoms with Crippen LogP contribution in [0.5, 0.6) is 0 Å². The fourth-order valence-corrected chi connectivity index (χ4v) is 3.63. The summed E-state index contributed by atoms with van der Waals surface area (Å²) in [6.07, 6.45) is 8.34. The summed E-state index contributed by atoms with van der Waals surface area (Å²) in [6.45, 7) is 3.27. The number of aromatic nitrogens is 2. The van der Waals surface area contributed by atoms with Gasteiger partial charge in [0.15, 0.2) is 0 Å². The highest BCUT2D eigenvalue weighted by Crippen LogP contribution is 2.23. The number of fused-ring (bicyclic) bond motifs is 1. The predicted octanol–water partition coefficient (Wildman–Crippen LogP) is 4.88. The van der Waals surface area contributed by atoms with Gasteiger partial charge in [0, 0.05) is 0 Å². The molecule has 128 valence electrons. The number of imidazole rings is 1. The molecule has 3 nitrogen and oxygen atoms in total. The van der Waals surface area contributed by atoms with Gasteiger partial charge in [-0.25, -0.2) is 4.98 Å². The van der Waals surface area contributed by atoms with Crippen LogP contribution in [0.25, 0.3) is 17.1 Å². The zero-order chi connectivity index (χ0) is 16.9. The molecule has 3 heteroatoms. The molecule has 2 heterocycles. The number of benzene rings is 2. The highest BCUT2D eigenvalue weighted by Gasteiger charge is 2.19. The molecule has 1 N–H and O–H groups in total. The lowest BCUT2D eigenvalue weighted by molar-refractivity contribution is 0.175. The van der Waals surface area contributed by atoms with E-state index in [2.05, 4.69) is 70.6 Å². The van der Waals surface area contributed by atoms with Crippen molar-refractivity contribution in [3.05, 3.63) is 72.1 Å². The molecule has 0 atom stereocenters. The average Bonchev–Trinajstić information content (AvgIpc) is 3.06. The second-order valence-corrected chi connectivity index (χ2v) is 6.97. The summed E-state index contributed by atoms with van der Waals surface area (Å²) in [7, 11) is 0. The number of piperidine rings is 1. The Morgan fingerprint density at radius 3 is 2.56 bits per heavy atom. The number of hydrogen-bond donors (Lipinski definition) is 1. The van der Waals surface area contributed by atoms with Crippen molar-refractivity contribution >= 4 is 17.1 Å². The molecule has 1 aromatic heterocycles. The Morgan fingerprint density at radius 2 is 1.76 bits per heavy atom. The smallest absolute Gasteiger partial charge is 0.121 e. The van der Waals surface area contributed by atoms with Crippen molar-refractivity contribution in [2.45, 2.75) is 25.8 Å². The Balaban J connectivity index is 1.26. The third-order valence-electron chi connectivity index (χ3n) is 5.10. The summed E-state index contributed by atoms with van der Waals surface area (Å²) in [6, 6.07) is 18.8. The van der Waals surface area contributed by atoms with Gasteiger partial charge >= 0.3 is 0 Å². The van der Waals surface area contributed by atoms with Gasteiger partial charge in [0.25, 0.3) is 0 Å². The van der Waals surface area contributed by atoms with Crippen LogP contribution in [0.4, 0.5) is 0 Å². The van der Waals surface area contributed by atoms with Crippen molar-refractivity contribution in [1.29, 1.82) is 0 Å². The second kappa shape index (κ2) is 7.66. The second-order valence-electron chi connectivity index (χ2n) is 6.97. The molecule has 0 unspecified atom stereocenters. The molecule has 0 amide bonds. The van der Waals surface area contributed by atoms with Crippen molar-refractivity contribution in [2.75, 3.05) is 13.1 Å². The van der Waals surface area contributed by atoms with Gasteiger partial charge in [-0.15, -0.1) is 0 Å². The number of H-pyrrole nitrogens is 1. The number of rotatable bonds is 5. The zero-order valence-electron chi connectivity index (χ0n) is 14.6. The first-order valence-electron chi connectivity index (χ1n) is 9.24. The van der Waals surface area contributed by atoms with Gasteiger partial charge in [-0.1, -0.05) is 54.6 Å². The predicted molar refractivity (Wildman–Crippen MR) is 104 cm³/mol. The molecule has 0 spiro atoms. The van der Waals surface area contributed by atoms with Crippen molar-refractivity contribution < 1.29 is 0 Å². The third-order valence-corrected chi connectivity index (χ3v) is 5.10. The van der Waals surface area contributed by atoms with E-state index in [-0.39, 0.29) is 0 Å². The van der Waals surface area contributed by atoms with Crippen LogP contribution in [0.3, 0.4) is 0 Å². The molecule has 0 radical (unpaired) electrons. The maximum absolute atomic E-state index is 4.70. The SMILES string of the molecule is C(=C\c1ccccc1)/CC1CCN(Cc2nc3ccccc3[nH]2)CC1. The maximum Gasteiger partial charge on any atom is 0.121 e. The van der Waals surface area contributed by atoms with Crippen molar-refractivity contribution in [1.82, 2.24) is 14.9 Å². The van der Waals surface area contributed by atoms with E-state index in [1.54, 1.807) is 0 Å². The van der Waals surface area contributed by atoms with E-state index in [1.165, 1.54) is 37.9 Å². The lowest BCUT2D eigenvalue weighted by Gasteiger charge is -2.30. The van der Waals surface area contributed by atoms with Gasteiger partial charge in [0.05, 0.1) is 17.6 Å². The van der Waals surface area contributed by atoms with Crippen LogP contribution < -0.4 is 0 Å². The van der Waals surface area contributed by atoms with Crippen LogP contribution in [0.1, 0.15) is 30.7 Å². The molecule has 0 bridgehead atoms. The summed E-state index contributed by atoms with van der Waals surface area (Å²) in [5.41, 5.74) is 3.50. The largest absolute Gasteiger partial charge is 0.341 e. The van der Waals surface area contributed by atoms with Crippen molar-refractivity contribution in [3.63, 3.8) is 0 Å². The minimum Gasteiger partial charge on any atom is -0.341 e. The third kappa shape index (κ3) is 4.18. The van der Waals surface area contributed by atoms with Gasteiger partial charge in [-0.2, -0.15) is 0 Å². The van der Waals surface area contributed by atoms with Crippen LogP contribution in [-0.2, 0) is 6.54 Å². The minimum absolute atomic E-state index is 0.812. The van der Waals surface area contributed by atoms with Crippen LogP contribution in [0.2, 0.25) is 0 Å². The van der Waals surface area contributed by atoms with Gasteiger partial charge in [0.2, 0.25) is 0 Å². The summed E-state index contributed by atoms with van der Waals surface area (Å²) >= 11 is 0. The number of nitrogens with zero attached hydrogens (tertiary/aromatic N) is 2. The number of allylic oxidation sites excluding steroid dienone is 1. The molecule has 2 aromatic carbocycles. The Morgan fingerprint density at radius 1 is 1.00 bits per heavy atom. The van der Waals surface area contributed by atoms with E-state index in [9.17, 15) is 0 Å². The number of para-hydroxylation sites is 2. The molecule has 1 aliphatic rings. The van der Waals surface area contributed by atoms with E-state index < -0.39 is 0 Å². The molecular weight excluding hydrogens is 306 g/mol. The van der Waals surface area contributed by atoms with Crippen molar-refractivity contribution in [3.8, 4) is 0 Å². The van der Waals surface area contributed by atoms with Crippen LogP contribution in [-0.4, -0.2) is 28.0 Å². The molecule has 1 saturated heterocycles.